The number of nitrogens with one attached hydrogen (secondary N) is 2. The third-order valence-electron chi connectivity index (χ3n) is 7.53. The van der Waals surface area contributed by atoms with Gasteiger partial charge in [-0.2, -0.15) is 55.1 Å². The van der Waals surface area contributed by atoms with E-state index in [9.17, 15) is 22.0 Å². The normalized spacial score (nSPS) is 20.2. The van der Waals surface area contributed by atoms with Gasteiger partial charge in [0, 0.05) is 12.1 Å². The first-order valence-corrected chi connectivity index (χ1v) is 13.0. The standard InChI is InChI=1S/C29H25F5N6.2CH4.2H2S/c30-20-8-4-16(5-9-20)18-12-22(13-18)35-27-38-26(24-2-1-3-25(37-24)29(32,33)34)39-28(40-27)36-23-14-19(15-23)17-6-10-21(31)11-7-17;;;;/h1-11,18-19,22-23H,12-15H2,(H2,35,36,38,39,40);2*1H4;2*1H2. The van der Waals surface area contributed by atoms with Crippen molar-refractivity contribution in [3.8, 4) is 11.5 Å². The van der Waals surface area contributed by atoms with Gasteiger partial charge in [0.1, 0.15) is 23.0 Å². The number of pyridine rings is 1. The molecular formula is C31H37F5N6S2. The van der Waals surface area contributed by atoms with Gasteiger partial charge in [0.15, 0.2) is 5.82 Å². The molecule has 6 rings (SSSR count). The molecule has 2 aromatic heterocycles. The Morgan fingerprint density at radius 1 is 0.591 bits per heavy atom. The third-order valence-corrected chi connectivity index (χ3v) is 7.53. The van der Waals surface area contributed by atoms with Crippen molar-refractivity contribution >= 4 is 38.9 Å². The van der Waals surface area contributed by atoms with Gasteiger partial charge in [0.2, 0.25) is 11.9 Å². The highest BCUT2D eigenvalue weighted by atomic mass is 32.1. The van der Waals surface area contributed by atoms with Crippen LogP contribution in [0.3, 0.4) is 0 Å². The van der Waals surface area contributed by atoms with Crippen LogP contribution in [-0.4, -0.2) is 32.0 Å². The summed E-state index contributed by atoms with van der Waals surface area (Å²) >= 11 is 0. The van der Waals surface area contributed by atoms with Gasteiger partial charge < -0.3 is 10.6 Å². The van der Waals surface area contributed by atoms with E-state index in [-0.39, 0.29) is 101 Å². The Kier molecular flexibility index (Phi) is 12.5. The number of rotatable bonds is 7. The minimum atomic E-state index is -4.60. The largest absolute Gasteiger partial charge is 0.433 e. The fraction of sp³-hybridized carbons (Fsp3) is 0.355. The molecule has 0 spiro atoms. The van der Waals surface area contributed by atoms with E-state index in [4.69, 9.17) is 0 Å². The van der Waals surface area contributed by atoms with Crippen molar-refractivity contribution in [1.82, 2.24) is 19.9 Å². The fourth-order valence-corrected chi connectivity index (χ4v) is 5.19. The molecule has 2 aromatic carbocycles. The van der Waals surface area contributed by atoms with Gasteiger partial charge in [-0.15, -0.1) is 0 Å². The second-order valence-electron chi connectivity index (χ2n) is 10.3. The van der Waals surface area contributed by atoms with Crippen LogP contribution in [0, 0.1) is 11.6 Å². The Bertz CT molecular complexity index is 1410. The molecule has 44 heavy (non-hydrogen) atoms. The number of benzene rings is 2. The first-order valence-electron chi connectivity index (χ1n) is 13.0. The lowest BCUT2D eigenvalue weighted by atomic mass is 9.76. The van der Waals surface area contributed by atoms with Crippen molar-refractivity contribution in [1.29, 1.82) is 0 Å². The molecule has 0 radical (unpaired) electrons. The second-order valence-corrected chi connectivity index (χ2v) is 10.3. The van der Waals surface area contributed by atoms with Crippen molar-refractivity contribution in [3.05, 3.63) is 95.2 Å². The van der Waals surface area contributed by atoms with Crippen LogP contribution < -0.4 is 10.6 Å². The molecule has 13 heteroatoms. The fourth-order valence-electron chi connectivity index (χ4n) is 5.19. The average molecular weight is 653 g/mol. The summed E-state index contributed by atoms with van der Waals surface area (Å²) in [6.07, 6.45) is -1.50. The molecule has 0 atom stereocenters. The number of hydrogen-bond acceptors (Lipinski definition) is 6. The Morgan fingerprint density at radius 2 is 1.02 bits per heavy atom. The van der Waals surface area contributed by atoms with E-state index >= 15 is 0 Å². The number of aromatic nitrogens is 4. The van der Waals surface area contributed by atoms with E-state index in [2.05, 4.69) is 30.6 Å². The summed E-state index contributed by atoms with van der Waals surface area (Å²) in [7, 11) is 0. The molecule has 4 aromatic rings. The van der Waals surface area contributed by atoms with Gasteiger partial charge in [-0.05, 0) is 85.0 Å². The van der Waals surface area contributed by atoms with Crippen LogP contribution in [0.2, 0.25) is 0 Å². The first-order chi connectivity index (χ1) is 19.2. The molecule has 2 heterocycles. The van der Waals surface area contributed by atoms with E-state index in [1.807, 2.05) is 0 Å². The molecule has 0 unspecified atom stereocenters. The molecule has 0 saturated heterocycles. The lowest BCUT2D eigenvalue weighted by Crippen LogP contribution is -2.36. The quantitative estimate of drug-likeness (QED) is 0.195. The van der Waals surface area contributed by atoms with Gasteiger partial charge in [-0.1, -0.05) is 45.2 Å². The highest BCUT2D eigenvalue weighted by Gasteiger charge is 2.34. The number of nitrogens with zero attached hydrogens (tertiary/aromatic N) is 4. The van der Waals surface area contributed by atoms with Crippen molar-refractivity contribution in [2.24, 2.45) is 0 Å². The predicted molar refractivity (Wildman–Crippen MR) is 174 cm³/mol. The summed E-state index contributed by atoms with van der Waals surface area (Å²) in [4.78, 5) is 17.0. The van der Waals surface area contributed by atoms with E-state index < -0.39 is 11.9 Å². The monoisotopic (exact) mass is 652 g/mol. The van der Waals surface area contributed by atoms with E-state index in [1.54, 1.807) is 24.3 Å². The number of hydrogen-bond donors (Lipinski definition) is 2. The average Bonchev–Trinajstić information content (AvgIpc) is 2.89. The molecule has 0 bridgehead atoms. The zero-order valence-corrected chi connectivity index (χ0v) is 24.2. The van der Waals surface area contributed by atoms with E-state index in [0.717, 1.165) is 42.9 Å². The smallest absolute Gasteiger partial charge is 0.351 e. The van der Waals surface area contributed by atoms with Crippen LogP contribution in [0.1, 0.15) is 69.2 Å². The number of halogens is 5. The lowest BCUT2D eigenvalue weighted by Gasteiger charge is -2.37. The molecule has 0 aliphatic heterocycles. The molecular weight excluding hydrogens is 616 g/mol. The minimum absolute atomic E-state index is 0. The molecule has 238 valence electrons. The van der Waals surface area contributed by atoms with E-state index in [1.165, 1.54) is 36.4 Å². The molecule has 6 nitrogen and oxygen atoms in total. The van der Waals surface area contributed by atoms with Gasteiger partial charge >= 0.3 is 6.18 Å². The summed E-state index contributed by atoms with van der Waals surface area (Å²) in [6, 6.07) is 16.5. The highest BCUT2D eigenvalue weighted by Crippen LogP contribution is 2.40. The summed E-state index contributed by atoms with van der Waals surface area (Å²) < 4.78 is 66.5. The Balaban J connectivity index is 0.00000169. The summed E-state index contributed by atoms with van der Waals surface area (Å²) in [6.45, 7) is 0. The maximum atomic E-state index is 13.3. The van der Waals surface area contributed by atoms with Crippen LogP contribution >= 0.6 is 27.0 Å². The predicted octanol–water partition coefficient (Wildman–Crippen LogP) is 8.44. The zero-order valence-electron chi connectivity index (χ0n) is 22.2. The van der Waals surface area contributed by atoms with Crippen LogP contribution in [-0.2, 0) is 6.18 Å². The van der Waals surface area contributed by atoms with Crippen molar-refractivity contribution in [2.75, 3.05) is 10.6 Å². The van der Waals surface area contributed by atoms with E-state index in [0.29, 0.717) is 0 Å². The van der Waals surface area contributed by atoms with Crippen molar-refractivity contribution in [3.63, 3.8) is 0 Å². The maximum Gasteiger partial charge on any atom is 0.433 e. The highest BCUT2D eigenvalue weighted by molar-refractivity contribution is 7.59. The number of alkyl halides is 3. The Labute approximate surface area is 268 Å². The molecule has 0 amide bonds. The van der Waals surface area contributed by atoms with Crippen LogP contribution in [0.25, 0.3) is 11.5 Å². The van der Waals surface area contributed by atoms with Crippen LogP contribution in [0.15, 0.2) is 66.7 Å². The Morgan fingerprint density at radius 3 is 1.43 bits per heavy atom. The molecule has 2 aliphatic carbocycles. The minimum Gasteiger partial charge on any atom is -0.351 e. The van der Waals surface area contributed by atoms with Gasteiger partial charge in [0.05, 0.1) is 0 Å². The van der Waals surface area contributed by atoms with Crippen molar-refractivity contribution in [2.45, 2.75) is 70.6 Å². The Hall–Kier alpha value is -3.45. The molecule has 2 aliphatic rings. The van der Waals surface area contributed by atoms with Gasteiger partial charge in [-0.25, -0.2) is 13.8 Å². The van der Waals surface area contributed by atoms with Gasteiger partial charge in [0.25, 0.3) is 0 Å². The van der Waals surface area contributed by atoms with Crippen molar-refractivity contribution < 1.29 is 22.0 Å². The van der Waals surface area contributed by atoms with Crippen LogP contribution in [0.4, 0.5) is 33.8 Å². The SMILES string of the molecule is C.C.Fc1ccc(C2CC(Nc3nc(NC4CC(c5ccc(F)cc5)C4)nc(-c4cccc(C(F)(F)F)n4)n3)C2)cc1.S.S. The summed E-state index contributed by atoms with van der Waals surface area (Å²) in [5, 5.41) is 6.54. The summed E-state index contributed by atoms with van der Waals surface area (Å²) in [5.74, 6) is 0.464. The van der Waals surface area contributed by atoms with Gasteiger partial charge in [-0.3, -0.25) is 0 Å². The maximum absolute atomic E-state index is 13.3. The molecule has 2 fully saturated rings. The topological polar surface area (TPSA) is 75.6 Å². The molecule has 2 saturated carbocycles. The first kappa shape index (κ1) is 36.7. The lowest BCUT2D eigenvalue weighted by molar-refractivity contribution is -0.141. The van der Waals surface area contributed by atoms with Crippen LogP contribution in [0.5, 0.6) is 0 Å². The second kappa shape index (κ2) is 15.0. The summed E-state index contributed by atoms with van der Waals surface area (Å²) in [5.41, 5.74) is 1.05. The third kappa shape index (κ3) is 8.38. The zero-order chi connectivity index (χ0) is 27.9. The number of anilines is 2. The molecule has 2 N–H and O–H groups in total.